The van der Waals surface area contributed by atoms with Gasteiger partial charge in [0.05, 0.1) is 18.3 Å². The van der Waals surface area contributed by atoms with Crippen LogP contribution in [0.1, 0.15) is 15.9 Å². The van der Waals surface area contributed by atoms with Gasteiger partial charge in [0.1, 0.15) is 0 Å². The molecule has 0 spiro atoms. The Balaban J connectivity index is 1.79. The van der Waals surface area contributed by atoms with Crippen LogP contribution in [0.4, 0.5) is 0 Å². The zero-order valence-electron chi connectivity index (χ0n) is 11.1. The third-order valence-corrected chi connectivity index (χ3v) is 3.22. The van der Waals surface area contributed by atoms with Crippen molar-refractivity contribution in [3.05, 3.63) is 35.4 Å². The van der Waals surface area contributed by atoms with Gasteiger partial charge in [0.15, 0.2) is 0 Å². The van der Waals surface area contributed by atoms with E-state index in [1.54, 1.807) is 18.2 Å². The number of rotatable bonds is 5. The molecule has 0 aliphatic carbocycles. The number of carboxylic acids is 1. The molecule has 0 aromatic heterocycles. The number of carboxylic acid groups (broad SMARTS) is 1. The van der Waals surface area contributed by atoms with Crippen LogP contribution in [0.5, 0.6) is 0 Å². The first-order valence-electron chi connectivity index (χ1n) is 6.48. The molecule has 1 aliphatic rings. The number of morpholine rings is 1. The zero-order valence-corrected chi connectivity index (χ0v) is 11.1. The van der Waals surface area contributed by atoms with Gasteiger partial charge in [-0.3, -0.25) is 0 Å². The number of nitrogens with one attached hydrogen (secondary N) is 1. The minimum Gasteiger partial charge on any atom is -0.478 e. The van der Waals surface area contributed by atoms with Gasteiger partial charge in [-0.1, -0.05) is 12.1 Å². The van der Waals surface area contributed by atoms with Crippen molar-refractivity contribution in [2.45, 2.75) is 12.6 Å². The van der Waals surface area contributed by atoms with Gasteiger partial charge in [-0.15, -0.1) is 0 Å². The normalized spacial score (nSPS) is 20.4. The van der Waals surface area contributed by atoms with Crippen LogP contribution in [0, 0.1) is 0 Å². The molecule has 1 saturated heterocycles. The Hall–Kier alpha value is -1.43. The van der Waals surface area contributed by atoms with Crippen LogP contribution < -0.4 is 5.32 Å². The van der Waals surface area contributed by atoms with Gasteiger partial charge in [-0.25, -0.2) is 4.79 Å². The van der Waals surface area contributed by atoms with E-state index in [1.165, 1.54) is 0 Å². The number of benzene rings is 1. The summed E-state index contributed by atoms with van der Waals surface area (Å²) in [5.41, 5.74) is 1.30. The van der Waals surface area contributed by atoms with Crippen molar-refractivity contribution in [3.8, 4) is 0 Å². The van der Waals surface area contributed by atoms with Crippen molar-refractivity contribution in [1.29, 1.82) is 0 Å². The summed E-state index contributed by atoms with van der Waals surface area (Å²) in [5, 5.41) is 12.2. The molecular weight excluding hydrogens is 244 g/mol. The van der Waals surface area contributed by atoms with Gasteiger partial charge < -0.3 is 20.1 Å². The second-order valence-electron chi connectivity index (χ2n) is 4.89. The first-order valence-corrected chi connectivity index (χ1v) is 6.48. The summed E-state index contributed by atoms with van der Waals surface area (Å²) in [4.78, 5) is 13.1. The molecule has 5 nitrogen and oxygen atoms in total. The Labute approximate surface area is 113 Å². The number of likely N-dealkylation sites (N-methyl/N-ethyl adjacent to an activating group) is 1. The predicted molar refractivity (Wildman–Crippen MR) is 72.3 cm³/mol. The van der Waals surface area contributed by atoms with E-state index in [2.05, 4.69) is 17.3 Å². The zero-order chi connectivity index (χ0) is 13.7. The summed E-state index contributed by atoms with van der Waals surface area (Å²) in [5.74, 6) is -0.890. The van der Waals surface area contributed by atoms with Crippen LogP contribution in [0.25, 0.3) is 0 Å². The van der Waals surface area contributed by atoms with Crippen LogP contribution in [0.15, 0.2) is 24.3 Å². The standard InChI is InChI=1S/C14H20N2O3/c1-16-5-6-19-13(10-16)9-15-8-11-3-2-4-12(7-11)14(17)18/h2-4,7,13,15H,5-6,8-10H2,1H3,(H,17,18). The number of nitrogens with zero attached hydrogens (tertiary/aromatic N) is 1. The quantitative estimate of drug-likeness (QED) is 0.824. The van der Waals surface area contributed by atoms with Crippen molar-refractivity contribution in [3.63, 3.8) is 0 Å². The highest BCUT2D eigenvalue weighted by molar-refractivity contribution is 5.87. The maximum atomic E-state index is 10.9. The molecule has 0 saturated carbocycles. The molecule has 19 heavy (non-hydrogen) atoms. The summed E-state index contributed by atoms with van der Waals surface area (Å²) in [6, 6.07) is 6.99. The first kappa shape index (κ1) is 14.0. The molecule has 0 radical (unpaired) electrons. The van der Waals surface area contributed by atoms with Crippen LogP contribution in [0.2, 0.25) is 0 Å². The summed E-state index contributed by atoms with van der Waals surface area (Å²) in [7, 11) is 2.09. The van der Waals surface area contributed by atoms with E-state index >= 15 is 0 Å². The SMILES string of the molecule is CN1CCOC(CNCc2cccc(C(=O)O)c2)C1. The summed E-state index contributed by atoms with van der Waals surface area (Å²) in [6.07, 6.45) is 0.210. The smallest absolute Gasteiger partial charge is 0.335 e. The van der Waals surface area contributed by atoms with E-state index in [-0.39, 0.29) is 6.10 Å². The average Bonchev–Trinajstić information content (AvgIpc) is 2.39. The van der Waals surface area contributed by atoms with Crippen LogP contribution in [-0.4, -0.2) is 55.4 Å². The molecule has 1 unspecified atom stereocenters. The lowest BCUT2D eigenvalue weighted by Crippen LogP contribution is -2.44. The molecule has 5 heteroatoms. The Bertz CT molecular complexity index is 436. The van der Waals surface area contributed by atoms with Gasteiger partial charge in [-0.2, -0.15) is 0 Å². The Morgan fingerprint density at radius 3 is 3.16 bits per heavy atom. The lowest BCUT2D eigenvalue weighted by Gasteiger charge is -2.30. The van der Waals surface area contributed by atoms with E-state index in [0.717, 1.165) is 31.8 Å². The number of hydrogen-bond acceptors (Lipinski definition) is 4. The fraction of sp³-hybridized carbons (Fsp3) is 0.500. The van der Waals surface area contributed by atoms with Crippen molar-refractivity contribution in [2.24, 2.45) is 0 Å². The second kappa shape index (κ2) is 6.65. The number of aromatic carboxylic acids is 1. The first-order chi connectivity index (χ1) is 9.15. The lowest BCUT2D eigenvalue weighted by molar-refractivity contribution is -0.0182. The maximum absolute atomic E-state index is 10.9. The lowest BCUT2D eigenvalue weighted by atomic mass is 10.1. The van der Waals surface area contributed by atoms with E-state index < -0.39 is 5.97 Å². The molecular formula is C14H20N2O3. The predicted octanol–water partition coefficient (Wildman–Crippen LogP) is 0.805. The van der Waals surface area contributed by atoms with Gasteiger partial charge in [0, 0.05) is 26.2 Å². The molecule has 1 fully saturated rings. The van der Waals surface area contributed by atoms with E-state index in [0.29, 0.717) is 12.1 Å². The largest absolute Gasteiger partial charge is 0.478 e. The molecule has 104 valence electrons. The average molecular weight is 264 g/mol. The number of hydrogen-bond donors (Lipinski definition) is 2. The van der Waals surface area contributed by atoms with Gasteiger partial charge in [-0.05, 0) is 24.7 Å². The van der Waals surface area contributed by atoms with Crippen LogP contribution >= 0.6 is 0 Å². The molecule has 1 heterocycles. The van der Waals surface area contributed by atoms with Crippen LogP contribution in [0.3, 0.4) is 0 Å². The highest BCUT2D eigenvalue weighted by Gasteiger charge is 2.16. The van der Waals surface area contributed by atoms with Gasteiger partial charge in [0.25, 0.3) is 0 Å². The van der Waals surface area contributed by atoms with Crippen molar-refractivity contribution in [1.82, 2.24) is 10.2 Å². The van der Waals surface area contributed by atoms with Crippen molar-refractivity contribution >= 4 is 5.97 Å². The van der Waals surface area contributed by atoms with E-state index in [1.807, 2.05) is 6.07 Å². The topological polar surface area (TPSA) is 61.8 Å². The molecule has 1 aromatic rings. The molecule has 0 bridgehead atoms. The summed E-state index contributed by atoms with van der Waals surface area (Å²) in [6.45, 7) is 4.13. The minimum absolute atomic E-state index is 0.210. The third-order valence-electron chi connectivity index (χ3n) is 3.22. The Kier molecular flexibility index (Phi) is 4.90. The third kappa shape index (κ3) is 4.31. The molecule has 0 amide bonds. The Morgan fingerprint density at radius 1 is 1.58 bits per heavy atom. The van der Waals surface area contributed by atoms with Gasteiger partial charge in [0.2, 0.25) is 0 Å². The number of ether oxygens (including phenoxy) is 1. The fourth-order valence-electron chi connectivity index (χ4n) is 2.18. The molecule has 1 atom stereocenters. The van der Waals surface area contributed by atoms with Crippen molar-refractivity contribution in [2.75, 3.05) is 33.3 Å². The van der Waals surface area contributed by atoms with Crippen molar-refractivity contribution < 1.29 is 14.6 Å². The van der Waals surface area contributed by atoms with E-state index in [4.69, 9.17) is 9.84 Å². The number of carbonyl (C=O) groups is 1. The van der Waals surface area contributed by atoms with Crippen LogP contribution in [-0.2, 0) is 11.3 Å². The molecule has 2 rings (SSSR count). The monoisotopic (exact) mass is 264 g/mol. The summed E-state index contributed by atoms with van der Waals surface area (Å²) >= 11 is 0. The van der Waals surface area contributed by atoms with Gasteiger partial charge >= 0.3 is 5.97 Å². The minimum atomic E-state index is -0.890. The highest BCUT2D eigenvalue weighted by atomic mass is 16.5. The maximum Gasteiger partial charge on any atom is 0.335 e. The molecule has 2 N–H and O–H groups in total. The highest BCUT2D eigenvalue weighted by Crippen LogP contribution is 2.06. The Morgan fingerprint density at radius 2 is 2.42 bits per heavy atom. The molecule has 1 aromatic carbocycles. The molecule has 1 aliphatic heterocycles. The fourth-order valence-corrected chi connectivity index (χ4v) is 2.18. The second-order valence-corrected chi connectivity index (χ2v) is 4.89. The van der Waals surface area contributed by atoms with E-state index in [9.17, 15) is 4.79 Å². The summed E-state index contributed by atoms with van der Waals surface area (Å²) < 4.78 is 5.65.